The summed E-state index contributed by atoms with van der Waals surface area (Å²) in [4.78, 5) is 11.2. The van der Waals surface area contributed by atoms with Crippen LogP contribution in [0, 0.1) is 13.8 Å². The second-order valence-corrected chi connectivity index (χ2v) is 3.70. The molecule has 0 radical (unpaired) electrons. The minimum atomic E-state index is -2.49. The van der Waals surface area contributed by atoms with Crippen LogP contribution in [-0.4, -0.2) is 18.8 Å². The fourth-order valence-corrected chi connectivity index (χ4v) is 1.53. The lowest BCUT2D eigenvalue weighted by atomic mass is 10.0. The lowest BCUT2D eigenvalue weighted by Gasteiger charge is -2.12. The number of Topliss-reactive ketones (excluding diaryl/α,β-unsaturated/α-hetero) is 1. The second-order valence-electron chi connectivity index (χ2n) is 3.70. The molecule has 88 valence electrons. The molecule has 0 heterocycles. The summed E-state index contributed by atoms with van der Waals surface area (Å²) in [5.74, 6) is 0.386. The summed E-state index contributed by atoms with van der Waals surface area (Å²) >= 11 is 0. The Morgan fingerprint density at radius 1 is 1.31 bits per heavy atom. The van der Waals surface area contributed by atoms with Crippen molar-refractivity contribution < 1.29 is 18.3 Å². The number of ether oxygens (including phenoxy) is 1. The predicted octanol–water partition coefficient (Wildman–Crippen LogP) is 3.15. The SMILES string of the molecule is CC(=O)c1cc(C)c(OCC(F)F)c(C)c1. The van der Waals surface area contributed by atoms with Crippen LogP contribution < -0.4 is 4.74 Å². The zero-order chi connectivity index (χ0) is 12.3. The van der Waals surface area contributed by atoms with Gasteiger partial charge < -0.3 is 4.74 Å². The summed E-state index contributed by atoms with van der Waals surface area (Å²) in [6.07, 6.45) is -2.49. The van der Waals surface area contributed by atoms with Gasteiger partial charge in [0, 0.05) is 5.56 Å². The normalized spacial score (nSPS) is 10.6. The molecule has 16 heavy (non-hydrogen) atoms. The maximum Gasteiger partial charge on any atom is 0.272 e. The Balaban J connectivity index is 2.98. The molecule has 0 saturated heterocycles. The molecule has 0 bridgehead atoms. The van der Waals surface area contributed by atoms with Crippen LogP contribution in [0.4, 0.5) is 8.78 Å². The van der Waals surface area contributed by atoms with E-state index in [1.54, 1.807) is 26.0 Å². The number of carbonyl (C=O) groups is 1. The molecular weight excluding hydrogens is 214 g/mol. The number of aryl methyl sites for hydroxylation is 2. The first kappa shape index (κ1) is 12.6. The molecule has 0 aromatic heterocycles. The zero-order valence-corrected chi connectivity index (χ0v) is 9.51. The van der Waals surface area contributed by atoms with E-state index in [9.17, 15) is 13.6 Å². The molecule has 0 atom stereocenters. The van der Waals surface area contributed by atoms with Gasteiger partial charge in [0.15, 0.2) is 5.78 Å². The molecule has 0 N–H and O–H groups in total. The summed E-state index contributed by atoms with van der Waals surface area (Å²) in [7, 11) is 0. The number of rotatable bonds is 4. The molecule has 2 nitrogen and oxygen atoms in total. The van der Waals surface area contributed by atoms with Gasteiger partial charge >= 0.3 is 0 Å². The fourth-order valence-electron chi connectivity index (χ4n) is 1.53. The van der Waals surface area contributed by atoms with Crippen molar-refractivity contribution in [1.82, 2.24) is 0 Å². The standard InChI is InChI=1S/C12H14F2O2/c1-7-4-10(9(3)15)5-8(2)12(7)16-6-11(13)14/h4-5,11H,6H2,1-3H3. The topological polar surface area (TPSA) is 26.3 Å². The number of halogens is 2. The van der Waals surface area contributed by atoms with E-state index in [1.807, 2.05) is 0 Å². The Labute approximate surface area is 93.2 Å². The van der Waals surface area contributed by atoms with Gasteiger partial charge in [-0.25, -0.2) is 8.78 Å². The van der Waals surface area contributed by atoms with Crippen molar-refractivity contribution in [3.8, 4) is 5.75 Å². The van der Waals surface area contributed by atoms with E-state index in [0.717, 1.165) is 0 Å². The minimum absolute atomic E-state index is 0.0494. The van der Waals surface area contributed by atoms with E-state index in [4.69, 9.17) is 4.74 Å². The molecule has 0 fully saturated rings. The first-order valence-corrected chi connectivity index (χ1v) is 4.95. The Morgan fingerprint density at radius 3 is 2.19 bits per heavy atom. The molecule has 0 unspecified atom stereocenters. The maximum absolute atomic E-state index is 12.0. The van der Waals surface area contributed by atoms with E-state index in [0.29, 0.717) is 22.4 Å². The minimum Gasteiger partial charge on any atom is -0.487 e. The van der Waals surface area contributed by atoms with E-state index in [1.165, 1.54) is 6.92 Å². The van der Waals surface area contributed by atoms with Crippen LogP contribution in [-0.2, 0) is 0 Å². The highest BCUT2D eigenvalue weighted by molar-refractivity contribution is 5.94. The van der Waals surface area contributed by atoms with Gasteiger partial charge in [-0.1, -0.05) is 0 Å². The monoisotopic (exact) mass is 228 g/mol. The van der Waals surface area contributed by atoms with Crippen LogP contribution >= 0.6 is 0 Å². The van der Waals surface area contributed by atoms with Crippen molar-refractivity contribution >= 4 is 5.78 Å². The first-order chi connectivity index (χ1) is 7.41. The zero-order valence-electron chi connectivity index (χ0n) is 9.51. The first-order valence-electron chi connectivity index (χ1n) is 4.95. The highest BCUT2D eigenvalue weighted by Crippen LogP contribution is 2.25. The molecule has 1 rings (SSSR count). The van der Waals surface area contributed by atoms with Crippen LogP contribution in [0.1, 0.15) is 28.4 Å². The van der Waals surface area contributed by atoms with Crippen LogP contribution in [0.3, 0.4) is 0 Å². The summed E-state index contributed by atoms with van der Waals surface area (Å²) in [6, 6.07) is 3.30. The van der Waals surface area contributed by atoms with Gasteiger partial charge in [0.1, 0.15) is 12.4 Å². The van der Waals surface area contributed by atoms with Crippen LogP contribution in [0.25, 0.3) is 0 Å². The number of benzene rings is 1. The van der Waals surface area contributed by atoms with Gasteiger partial charge in [0.05, 0.1) is 0 Å². The Morgan fingerprint density at radius 2 is 1.81 bits per heavy atom. The number of ketones is 1. The van der Waals surface area contributed by atoms with E-state index >= 15 is 0 Å². The van der Waals surface area contributed by atoms with Crippen LogP contribution in [0.5, 0.6) is 5.75 Å². The molecule has 0 spiro atoms. The van der Waals surface area contributed by atoms with Gasteiger partial charge in [-0.3, -0.25) is 4.79 Å². The summed E-state index contributed by atoms with van der Waals surface area (Å²) < 4.78 is 29.0. The van der Waals surface area contributed by atoms with Gasteiger partial charge in [0.2, 0.25) is 0 Å². The lowest BCUT2D eigenvalue weighted by molar-refractivity contribution is 0.0811. The molecule has 1 aromatic rings. The van der Waals surface area contributed by atoms with Crippen LogP contribution in [0.2, 0.25) is 0 Å². The van der Waals surface area contributed by atoms with E-state index in [-0.39, 0.29) is 5.78 Å². The molecule has 0 aliphatic carbocycles. The lowest BCUT2D eigenvalue weighted by Crippen LogP contribution is -2.09. The Hall–Kier alpha value is -1.45. The number of carbonyl (C=O) groups excluding carboxylic acids is 1. The Kier molecular flexibility index (Phi) is 3.99. The molecule has 1 aromatic carbocycles. The van der Waals surface area contributed by atoms with Gasteiger partial charge in [-0.15, -0.1) is 0 Å². The average molecular weight is 228 g/mol. The molecule has 4 heteroatoms. The molecule has 0 saturated carbocycles. The molecule has 0 aliphatic heterocycles. The smallest absolute Gasteiger partial charge is 0.272 e. The molecular formula is C12H14F2O2. The third-order valence-corrected chi connectivity index (χ3v) is 2.22. The highest BCUT2D eigenvalue weighted by Gasteiger charge is 2.11. The number of alkyl halides is 2. The van der Waals surface area contributed by atoms with Crippen molar-refractivity contribution in [2.75, 3.05) is 6.61 Å². The highest BCUT2D eigenvalue weighted by atomic mass is 19.3. The summed E-state index contributed by atoms with van der Waals surface area (Å²) in [5.41, 5.74) is 1.97. The fraction of sp³-hybridized carbons (Fsp3) is 0.417. The van der Waals surface area contributed by atoms with Crippen molar-refractivity contribution in [1.29, 1.82) is 0 Å². The average Bonchev–Trinajstić information content (AvgIpc) is 2.15. The third-order valence-electron chi connectivity index (χ3n) is 2.22. The van der Waals surface area contributed by atoms with E-state index in [2.05, 4.69) is 0 Å². The van der Waals surface area contributed by atoms with E-state index < -0.39 is 13.0 Å². The Bertz CT molecular complexity index is 377. The maximum atomic E-state index is 12.0. The second kappa shape index (κ2) is 5.05. The third kappa shape index (κ3) is 3.02. The quantitative estimate of drug-likeness (QED) is 0.740. The molecule has 0 aliphatic rings. The summed E-state index contributed by atoms with van der Waals surface area (Å²) in [5, 5.41) is 0. The van der Waals surface area contributed by atoms with Gasteiger partial charge in [0.25, 0.3) is 6.43 Å². The van der Waals surface area contributed by atoms with Gasteiger partial charge in [-0.2, -0.15) is 0 Å². The van der Waals surface area contributed by atoms with Gasteiger partial charge in [-0.05, 0) is 44.0 Å². The van der Waals surface area contributed by atoms with Crippen LogP contribution in [0.15, 0.2) is 12.1 Å². The van der Waals surface area contributed by atoms with Crippen molar-refractivity contribution in [2.45, 2.75) is 27.2 Å². The van der Waals surface area contributed by atoms with Crippen molar-refractivity contribution in [2.24, 2.45) is 0 Å². The number of hydrogen-bond donors (Lipinski definition) is 0. The molecule has 0 amide bonds. The van der Waals surface area contributed by atoms with Crippen molar-refractivity contribution in [3.05, 3.63) is 28.8 Å². The van der Waals surface area contributed by atoms with Crippen molar-refractivity contribution in [3.63, 3.8) is 0 Å². The predicted molar refractivity (Wildman–Crippen MR) is 57.4 cm³/mol. The number of hydrogen-bond acceptors (Lipinski definition) is 2. The largest absolute Gasteiger partial charge is 0.487 e. The summed E-state index contributed by atoms with van der Waals surface area (Å²) in [6.45, 7) is 4.31.